The summed E-state index contributed by atoms with van der Waals surface area (Å²) in [5, 5.41) is 0.442. The van der Waals surface area contributed by atoms with Gasteiger partial charge in [-0.1, -0.05) is 18.2 Å². The lowest BCUT2D eigenvalue weighted by Crippen LogP contribution is -2.38. The normalized spacial score (nSPS) is 22.0. The van der Waals surface area contributed by atoms with E-state index in [2.05, 4.69) is 4.72 Å². The van der Waals surface area contributed by atoms with Crippen LogP contribution in [0.1, 0.15) is 22.9 Å². The molecule has 0 amide bonds. The molecule has 0 radical (unpaired) electrons. The highest BCUT2D eigenvalue weighted by Crippen LogP contribution is 2.33. The van der Waals surface area contributed by atoms with Crippen molar-refractivity contribution in [3.63, 3.8) is 0 Å². The van der Waals surface area contributed by atoms with Crippen LogP contribution in [0.5, 0.6) is 0 Å². The molecule has 1 aliphatic heterocycles. The van der Waals surface area contributed by atoms with Gasteiger partial charge < -0.3 is 4.42 Å². The Morgan fingerprint density at radius 1 is 1.27 bits per heavy atom. The molecule has 2 unspecified atom stereocenters. The van der Waals surface area contributed by atoms with E-state index in [-0.39, 0.29) is 18.7 Å². The number of hydroxylamine groups is 2. The SMILES string of the molecule is CN1OCC(S(=O)(=O)NCc2cccc(C(F)(F)F)c2)C1c1ccco1. The fraction of sp³-hybridized carbons (Fsp3) is 0.375. The third-order valence-corrected chi connectivity index (χ3v) is 5.89. The highest BCUT2D eigenvalue weighted by molar-refractivity contribution is 7.90. The van der Waals surface area contributed by atoms with E-state index in [9.17, 15) is 21.6 Å². The minimum atomic E-state index is -4.48. The number of nitrogens with zero attached hydrogens (tertiary/aromatic N) is 1. The summed E-state index contributed by atoms with van der Waals surface area (Å²) in [6, 6.07) is 7.16. The van der Waals surface area contributed by atoms with Crippen molar-refractivity contribution < 1.29 is 30.8 Å². The first kappa shape index (κ1) is 18.9. The Hall–Kier alpha value is -1.88. The van der Waals surface area contributed by atoms with E-state index < -0.39 is 33.1 Å². The highest BCUT2D eigenvalue weighted by atomic mass is 32.2. The van der Waals surface area contributed by atoms with Crippen LogP contribution in [0.2, 0.25) is 0 Å². The lowest BCUT2D eigenvalue weighted by atomic mass is 10.1. The van der Waals surface area contributed by atoms with Crippen LogP contribution < -0.4 is 4.72 Å². The van der Waals surface area contributed by atoms with Crippen LogP contribution in [-0.2, 0) is 27.6 Å². The summed E-state index contributed by atoms with van der Waals surface area (Å²) in [5.41, 5.74) is -0.614. The number of halogens is 3. The maximum Gasteiger partial charge on any atom is 0.416 e. The van der Waals surface area contributed by atoms with Gasteiger partial charge in [0.15, 0.2) is 0 Å². The molecule has 0 aliphatic carbocycles. The van der Waals surface area contributed by atoms with Gasteiger partial charge >= 0.3 is 6.18 Å². The minimum absolute atomic E-state index is 0.0835. The standard InChI is InChI=1S/C16H17F3N2O4S/c1-21-15(13-6-3-7-24-13)14(10-25-21)26(22,23)20-9-11-4-2-5-12(8-11)16(17,18)19/h2-8,14-15,20H,9-10H2,1H3. The number of hydrogen-bond donors (Lipinski definition) is 1. The number of furan rings is 1. The summed E-state index contributed by atoms with van der Waals surface area (Å²) in [7, 11) is -2.28. The van der Waals surface area contributed by atoms with E-state index in [1.165, 1.54) is 23.5 Å². The molecule has 10 heteroatoms. The number of sulfonamides is 1. The monoisotopic (exact) mass is 390 g/mol. The number of alkyl halides is 3. The third-order valence-electron chi connectivity index (χ3n) is 4.15. The average Bonchev–Trinajstić information content (AvgIpc) is 3.22. The van der Waals surface area contributed by atoms with Crippen molar-refractivity contribution in [3.8, 4) is 0 Å². The molecule has 3 rings (SSSR count). The molecule has 1 aliphatic rings. The van der Waals surface area contributed by atoms with Crippen molar-refractivity contribution in [2.45, 2.75) is 24.0 Å². The smallest absolute Gasteiger partial charge is 0.416 e. The number of hydrogen-bond acceptors (Lipinski definition) is 5. The molecule has 1 N–H and O–H groups in total. The van der Waals surface area contributed by atoms with E-state index in [1.807, 2.05) is 0 Å². The number of rotatable bonds is 5. The van der Waals surface area contributed by atoms with Gasteiger partial charge in [-0.15, -0.1) is 0 Å². The summed E-state index contributed by atoms with van der Waals surface area (Å²) in [6.45, 7) is -0.336. The lowest BCUT2D eigenvalue weighted by molar-refractivity contribution is -0.137. The van der Waals surface area contributed by atoms with E-state index in [1.54, 1.807) is 19.2 Å². The number of benzene rings is 1. The van der Waals surface area contributed by atoms with Crippen LogP contribution in [0.25, 0.3) is 0 Å². The molecule has 6 nitrogen and oxygen atoms in total. The molecule has 2 heterocycles. The van der Waals surface area contributed by atoms with Gasteiger partial charge in [-0.25, -0.2) is 13.1 Å². The van der Waals surface area contributed by atoms with Crippen LogP contribution >= 0.6 is 0 Å². The maximum atomic E-state index is 12.8. The Morgan fingerprint density at radius 2 is 2.04 bits per heavy atom. The van der Waals surface area contributed by atoms with Gasteiger partial charge in [0.05, 0.1) is 18.4 Å². The molecular weight excluding hydrogens is 373 g/mol. The molecule has 1 aromatic carbocycles. The molecule has 26 heavy (non-hydrogen) atoms. The van der Waals surface area contributed by atoms with Crippen LogP contribution in [0.4, 0.5) is 13.2 Å². The van der Waals surface area contributed by atoms with Gasteiger partial charge in [0, 0.05) is 13.6 Å². The second-order valence-electron chi connectivity index (χ2n) is 5.90. The van der Waals surface area contributed by atoms with Crippen molar-refractivity contribution in [1.29, 1.82) is 0 Å². The number of nitrogens with one attached hydrogen (secondary N) is 1. The summed E-state index contributed by atoms with van der Waals surface area (Å²) < 4.78 is 71.3. The Bertz CT molecular complexity index is 853. The summed E-state index contributed by atoms with van der Waals surface area (Å²) >= 11 is 0. The van der Waals surface area contributed by atoms with E-state index >= 15 is 0 Å². The van der Waals surface area contributed by atoms with E-state index in [4.69, 9.17) is 9.25 Å². The highest BCUT2D eigenvalue weighted by Gasteiger charge is 2.44. The summed E-state index contributed by atoms with van der Waals surface area (Å²) in [4.78, 5) is 5.31. The van der Waals surface area contributed by atoms with Gasteiger partial charge in [-0.3, -0.25) is 4.84 Å². The van der Waals surface area contributed by atoms with E-state index in [0.29, 0.717) is 5.76 Å². The second-order valence-corrected chi connectivity index (χ2v) is 7.89. The van der Waals surface area contributed by atoms with E-state index in [0.717, 1.165) is 12.1 Å². The largest absolute Gasteiger partial charge is 0.468 e. The molecule has 2 atom stereocenters. The first-order valence-corrected chi connectivity index (χ1v) is 9.27. The first-order chi connectivity index (χ1) is 12.2. The molecule has 0 bridgehead atoms. The first-order valence-electron chi connectivity index (χ1n) is 7.72. The van der Waals surface area contributed by atoms with Gasteiger partial charge in [-0.05, 0) is 23.8 Å². The van der Waals surface area contributed by atoms with Gasteiger partial charge in [0.1, 0.15) is 17.1 Å². The van der Waals surface area contributed by atoms with Gasteiger partial charge in [0.2, 0.25) is 10.0 Å². The summed E-state index contributed by atoms with van der Waals surface area (Å²) in [6.07, 6.45) is -3.05. The zero-order valence-electron chi connectivity index (χ0n) is 13.7. The summed E-state index contributed by atoms with van der Waals surface area (Å²) in [5.74, 6) is 0.430. The molecule has 0 saturated carbocycles. The van der Waals surface area contributed by atoms with Gasteiger partial charge in [-0.2, -0.15) is 18.2 Å². The second kappa shape index (κ2) is 7.03. The Morgan fingerprint density at radius 3 is 2.69 bits per heavy atom. The van der Waals surface area contributed by atoms with Crippen LogP contribution in [-0.4, -0.2) is 32.4 Å². The zero-order chi connectivity index (χ0) is 18.9. The fourth-order valence-corrected chi connectivity index (χ4v) is 4.29. The van der Waals surface area contributed by atoms with Crippen molar-refractivity contribution in [3.05, 3.63) is 59.5 Å². The van der Waals surface area contributed by atoms with Crippen LogP contribution in [0.15, 0.2) is 47.1 Å². The zero-order valence-corrected chi connectivity index (χ0v) is 14.5. The Labute approximate surface area is 148 Å². The molecular formula is C16H17F3N2O4S. The van der Waals surface area contributed by atoms with Crippen LogP contribution in [0, 0.1) is 0 Å². The predicted octanol–water partition coefficient (Wildman–Crippen LogP) is 2.70. The predicted molar refractivity (Wildman–Crippen MR) is 86.2 cm³/mol. The van der Waals surface area contributed by atoms with Crippen molar-refractivity contribution in [2.75, 3.05) is 13.7 Å². The van der Waals surface area contributed by atoms with Crippen molar-refractivity contribution in [2.24, 2.45) is 0 Å². The van der Waals surface area contributed by atoms with Crippen molar-refractivity contribution >= 4 is 10.0 Å². The minimum Gasteiger partial charge on any atom is -0.468 e. The topological polar surface area (TPSA) is 71.8 Å². The molecule has 2 aromatic rings. The molecule has 1 fully saturated rings. The molecule has 1 saturated heterocycles. The Balaban J connectivity index is 1.75. The fourth-order valence-electron chi connectivity index (χ4n) is 2.83. The Kier molecular flexibility index (Phi) is 5.11. The van der Waals surface area contributed by atoms with Gasteiger partial charge in [0.25, 0.3) is 0 Å². The molecule has 142 valence electrons. The van der Waals surface area contributed by atoms with Crippen molar-refractivity contribution in [1.82, 2.24) is 9.79 Å². The van der Waals surface area contributed by atoms with Crippen LogP contribution in [0.3, 0.4) is 0 Å². The lowest BCUT2D eigenvalue weighted by Gasteiger charge is -2.20. The third kappa shape index (κ3) is 3.93. The molecule has 0 spiro atoms. The quantitative estimate of drug-likeness (QED) is 0.850. The molecule has 1 aromatic heterocycles. The maximum absolute atomic E-state index is 12.8. The average molecular weight is 390 g/mol.